The van der Waals surface area contributed by atoms with Gasteiger partial charge in [-0.3, -0.25) is 0 Å². The second-order valence-corrected chi connectivity index (χ2v) is 6.01. The average Bonchev–Trinajstić information content (AvgIpc) is 2.65. The molecule has 1 aliphatic carbocycles. The van der Waals surface area contributed by atoms with Crippen LogP contribution in [0.15, 0.2) is 18.2 Å². The highest BCUT2D eigenvalue weighted by atomic mass is 16.5. The average molecular weight is 231 g/mol. The molecule has 0 spiro atoms. The summed E-state index contributed by atoms with van der Waals surface area (Å²) >= 11 is 0. The maximum Gasteiger partial charge on any atom is 0.122 e. The van der Waals surface area contributed by atoms with Gasteiger partial charge < -0.3 is 10.5 Å². The number of nitrogens with two attached hydrogens (primary N) is 1. The Labute approximate surface area is 103 Å². The highest BCUT2D eigenvalue weighted by Gasteiger charge is 2.55. The van der Waals surface area contributed by atoms with Gasteiger partial charge in [-0.2, -0.15) is 0 Å². The molecule has 2 atom stereocenters. The third kappa shape index (κ3) is 1.75. The molecule has 2 nitrogen and oxygen atoms in total. The van der Waals surface area contributed by atoms with Crippen LogP contribution >= 0.6 is 0 Å². The van der Waals surface area contributed by atoms with Crippen molar-refractivity contribution < 1.29 is 4.74 Å². The molecule has 0 bridgehead atoms. The summed E-state index contributed by atoms with van der Waals surface area (Å²) in [5.74, 6) is 2.54. The Kier molecular flexibility index (Phi) is 2.44. The number of ether oxygens (including phenoxy) is 1. The van der Waals surface area contributed by atoms with Crippen LogP contribution in [0.1, 0.15) is 25.0 Å². The second-order valence-electron chi connectivity index (χ2n) is 6.01. The largest absolute Gasteiger partial charge is 0.493 e. The summed E-state index contributed by atoms with van der Waals surface area (Å²) in [6.07, 6.45) is 2.24. The summed E-state index contributed by atoms with van der Waals surface area (Å²) in [6, 6.07) is 6.67. The Morgan fingerprint density at radius 3 is 2.88 bits per heavy atom. The topological polar surface area (TPSA) is 35.2 Å². The molecule has 0 saturated heterocycles. The monoisotopic (exact) mass is 231 g/mol. The molecule has 1 aromatic carbocycles. The fourth-order valence-corrected chi connectivity index (χ4v) is 3.35. The Morgan fingerprint density at radius 2 is 2.18 bits per heavy atom. The van der Waals surface area contributed by atoms with E-state index in [0.29, 0.717) is 11.3 Å². The van der Waals surface area contributed by atoms with Gasteiger partial charge in [0.05, 0.1) is 6.61 Å². The molecule has 1 saturated carbocycles. The van der Waals surface area contributed by atoms with Gasteiger partial charge in [-0.15, -0.1) is 0 Å². The summed E-state index contributed by atoms with van der Waals surface area (Å²) in [6.45, 7) is 6.35. The Morgan fingerprint density at radius 1 is 1.35 bits per heavy atom. The number of fused-ring (bicyclic) bond motifs is 1. The molecule has 1 fully saturated rings. The van der Waals surface area contributed by atoms with Crippen LogP contribution in [-0.2, 0) is 12.8 Å². The Bertz CT molecular complexity index is 439. The first kappa shape index (κ1) is 11.1. The molecule has 1 aliphatic heterocycles. The van der Waals surface area contributed by atoms with E-state index >= 15 is 0 Å². The smallest absolute Gasteiger partial charge is 0.122 e. The zero-order valence-corrected chi connectivity index (χ0v) is 10.7. The fourth-order valence-electron chi connectivity index (χ4n) is 3.35. The molecular formula is C15H21NO. The van der Waals surface area contributed by atoms with Crippen LogP contribution in [0.2, 0.25) is 0 Å². The zero-order chi connectivity index (χ0) is 12.0. The Hall–Kier alpha value is -1.02. The quantitative estimate of drug-likeness (QED) is 0.867. The lowest BCUT2D eigenvalue weighted by Gasteiger charge is -2.05. The van der Waals surface area contributed by atoms with Crippen molar-refractivity contribution in [2.75, 3.05) is 13.2 Å². The van der Waals surface area contributed by atoms with Gasteiger partial charge >= 0.3 is 0 Å². The summed E-state index contributed by atoms with van der Waals surface area (Å²) in [7, 11) is 0. The van der Waals surface area contributed by atoms with Crippen molar-refractivity contribution in [1.82, 2.24) is 0 Å². The van der Waals surface area contributed by atoms with E-state index in [-0.39, 0.29) is 0 Å². The first-order valence-electron chi connectivity index (χ1n) is 6.57. The van der Waals surface area contributed by atoms with E-state index in [1.807, 2.05) is 0 Å². The molecular weight excluding hydrogens is 210 g/mol. The molecule has 17 heavy (non-hydrogen) atoms. The molecule has 1 heterocycles. The fraction of sp³-hybridized carbons (Fsp3) is 0.600. The van der Waals surface area contributed by atoms with E-state index in [4.69, 9.17) is 10.5 Å². The Balaban J connectivity index is 1.74. The predicted octanol–water partition coefficient (Wildman–Crippen LogP) is 2.39. The van der Waals surface area contributed by atoms with Gasteiger partial charge in [0.15, 0.2) is 0 Å². The van der Waals surface area contributed by atoms with E-state index in [1.165, 1.54) is 17.5 Å². The van der Waals surface area contributed by atoms with Crippen LogP contribution in [0.25, 0.3) is 0 Å². The maximum absolute atomic E-state index is 5.82. The number of rotatable bonds is 3. The van der Waals surface area contributed by atoms with Gasteiger partial charge in [0.25, 0.3) is 0 Å². The molecule has 2 N–H and O–H groups in total. The lowest BCUT2D eigenvalue weighted by atomic mass is 10.0. The van der Waals surface area contributed by atoms with Crippen LogP contribution < -0.4 is 10.5 Å². The van der Waals surface area contributed by atoms with Crippen molar-refractivity contribution in [1.29, 1.82) is 0 Å². The second kappa shape index (κ2) is 3.74. The van der Waals surface area contributed by atoms with Gasteiger partial charge in [-0.25, -0.2) is 0 Å². The minimum Gasteiger partial charge on any atom is -0.493 e. The molecule has 2 unspecified atom stereocenters. The molecule has 0 radical (unpaired) electrons. The highest BCUT2D eigenvalue weighted by molar-refractivity contribution is 5.40. The molecule has 3 rings (SSSR count). The van der Waals surface area contributed by atoms with Crippen LogP contribution in [0.3, 0.4) is 0 Å². The highest BCUT2D eigenvalue weighted by Crippen LogP contribution is 2.58. The van der Waals surface area contributed by atoms with Crippen molar-refractivity contribution in [3.05, 3.63) is 29.3 Å². The normalized spacial score (nSPS) is 28.6. The van der Waals surface area contributed by atoms with Gasteiger partial charge in [-0.1, -0.05) is 26.0 Å². The predicted molar refractivity (Wildman–Crippen MR) is 69.2 cm³/mol. The van der Waals surface area contributed by atoms with Gasteiger partial charge in [-0.05, 0) is 47.4 Å². The van der Waals surface area contributed by atoms with Gasteiger partial charge in [0.1, 0.15) is 5.75 Å². The van der Waals surface area contributed by atoms with E-state index in [1.54, 1.807) is 0 Å². The number of hydrogen-bond acceptors (Lipinski definition) is 2. The number of hydrogen-bond donors (Lipinski definition) is 1. The summed E-state index contributed by atoms with van der Waals surface area (Å²) in [4.78, 5) is 0. The molecule has 0 amide bonds. The first-order valence-corrected chi connectivity index (χ1v) is 6.57. The molecule has 0 aromatic heterocycles. The van der Waals surface area contributed by atoms with Crippen LogP contribution in [0.5, 0.6) is 5.75 Å². The lowest BCUT2D eigenvalue weighted by Crippen LogP contribution is -2.05. The standard InChI is InChI=1S/C15H21NO/c1-15(2)12(13(15)9-16)8-10-3-4-14-11(7-10)5-6-17-14/h3-4,7,12-13H,5-6,8-9,16H2,1-2H3. The van der Waals surface area contributed by atoms with Crippen LogP contribution in [-0.4, -0.2) is 13.2 Å². The first-order chi connectivity index (χ1) is 8.13. The zero-order valence-electron chi connectivity index (χ0n) is 10.7. The van der Waals surface area contributed by atoms with Crippen molar-refractivity contribution in [3.63, 3.8) is 0 Å². The summed E-state index contributed by atoms with van der Waals surface area (Å²) in [5, 5.41) is 0. The van der Waals surface area contributed by atoms with Gasteiger partial charge in [0, 0.05) is 6.42 Å². The van der Waals surface area contributed by atoms with Crippen molar-refractivity contribution in [2.45, 2.75) is 26.7 Å². The number of benzene rings is 1. The SMILES string of the molecule is CC1(C)C(CN)C1Cc1ccc2c(c1)CCO2. The van der Waals surface area contributed by atoms with Crippen molar-refractivity contribution >= 4 is 0 Å². The van der Waals surface area contributed by atoms with E-state index in [0.717, 1.165) is 31.2 Å². The minimum absolute atomic E-state index is 0.435. The van der Waals surface area contributed by atoms with Crippen molar-refractivity contribution in [2.24, 2.45) is 23.0 Å². The third-order valence-electron chi connectivity index (χ3n) is 4.75. The third-order valence-corrected chi connectivity index (χ3v) is 4.75. The molecule has 1 aromatic rings. The lowest BCUT2D eigenvalue weighted by molar-refractivity contribution is 0.357. The van der Waals surface area contributed by atoms with Crippen molar-refractivity contribution in [3.8, 4) is 5.75 Å². The van der Waals surface area contributed by atoms with Crippen LogP contribution in [0.4, 0.5) is 0 Å². The van der Waals surface area contributed by atoms with Crippen LogP contribution in [0, 0.1) is 17.3 Å². The van der Waals surface area contributed by atoms with Gasteiger partial charge in [0.2, 0.25) is 0 Å². The minimum atomic E-state index is 0.435. The molecule has 2 heteroatoms. The summed E-state index contributed by atoms with van der Waals surface area (Å²) in [5.41, 5.74) is 9.09. The molecule has 92 valence electrons. The maximum atomic E-state index is 5.82. The summed E-state index contributed by atoms with van der Waals surface area (Å²) < 4.78 is 5.54. The molecule has 2 aliphatic rings. The van der Waals surface area contributed by atoms with E-state index < -0.39 is 0 Å². The van der Waals surface area contributed by atoms with E-state index in [9.17, 15) is 0 Å². The van der Waals surface area contributed by atoms with E-state index in [2.05, 4.69) is 32.0 Å².